The van der Waals surface area contributed by atoms with E-state index in [0.29, 0.717) is 11.3 Å². The third-order valence-electron chi connectivity index (χ3n) is 4.15. The van der Waals surface area contributed by atoms with Gasteiger partial charge in [0.2, 0.25) is 5.91 Å². The average Bonchev–Trinajstić information content (AvgIpc) is 2.61. The molecule has 0 spiro atoms. The molecular formula is C17H26ClN3O3S. The van der Waals surface area contributed by atoms with E-state index in [9.17, 15) is 9.59 Å². The highest BCUT2D eigenvalue weighted by molar-refractivity contribution is 7.99. The molecule has 1 saturated heterocycles. The van der Waals surface area contributed by atoms with Crippen LogP contribution < -0.4 is 11.1 Å². The van der Waals surface area contributed by atoms with Gasteiger partial charge in [-0.05, 0) is 24.6 Å². The second-order valence-electron chi connectivity index (χ2n) is 5.73. The first-order chi connectivity index (χ1) is 11.6. The number of methoxy groups -OCH3 is 1. The van der Waals surface area contributed by atoms with Gasteiger partial charge in [-0.25, -0.2) is 0 Å². The van der Waals surface area contributed by atoms with Crippen molar-refractivity contribution in [1.29, 1.82) is 0 Å². The summed E-state index contributed by atoms with van der Waals surface area (Å²) in [6.07, 6.45) is -0.116. The fourth-order valence-corrected chi connectivity index (χ4v) is 3.51. The molecule has 6 nitrogen and oxygen atoms in total. The van der Waals surface area contributed by atoms with Crippen molar-refractivity contribution in [3.8, 4) is 0 Å². The SMILES string of the molecule is COC(CN)CC(=O)Nc1cccc(C(=O)N2CCSCC2)c1C.Cl. The van der Waals surface area contributed by atoms with Crippen LogP contribution in [0.4, 0.5) is 5.69 Å². The molecule has 0 bridgehead atoms. The quantitative estimate of drug-likeness (QED) is 0.778. The Morgan fingerprint density at radius 3 is 2.64 bits per heavy atom. The van der Waals surface area contributed by atoms with Crippen molar-refractivity contribution in [2.75, 3.05) is 43.6 Å². The maximum atomic E-state index is 12.7. The Balaban J connectivity index is 0.00000312. The standard InChI is InChI=1S/C17H25N3O3S.ClH/c1-12-14(17(22)20-6-8-24-9-7-20)4-3-5-15(12)19-16(21)10-13(11-18)23-2;/h3-5,13H,6-11,18H2,1-2H3,(H,19,21);1H. The highest BCUT2D eigenvalue weighted by Gasteiger charge is 2.21. The van der Waals surface area contributed by atoms with Gasteiger partial charge in [-0.15, -0.1) is 12.4 Å². The zero-order chi connectivity index (χ0) is 17.5. The molecule has 0 aromatic heterocycles. The average molecular weight is 388 g/mol. The number of thioether (sulfide) groups is 1. The van der Waals surface area contributed by atoms with Crippen molar-refractivity contribution in [2.24, 2.45) is 5.73 Å². The third-order valence-corrected chi connectivity index (χ3v) is 5.09. The molecule has 0 saturated carbocycles. The number of nitrogens with one attached hydrogen (secondary N) is 1. The third kappa shape index (κ3) is 5.88. The Hall–Kier alpha value is -1.28. The lowest BCUT2D eigenvalue weighted by molar-refractivity contribution is -0.118. The van der Waals surface area contributed by atoms with E-state index in [1.165, 1.54) is 7.11 Å². The maximum Gasteiger partial charge on any atom is 0.254 e. The molecule has 1 atom stereocenters. The number of nitrogens with two attached hydrogens (primary N) is 1. The van der Waals surface area contributed by atoms with Crippen LogP contribution in [0.2, 0.25) is 0 Å². The van der Waals surface area contributed by atoms with Crippen LogP contribution in [0.25, 0.3) is 0 Å². The molecule has 1 fully saturated rings. The second kappa shape index (κ2) is 10.7. The fraction of sp³-hybridized carbons (Fsp3) is 0.529. The fourth-order valence-electron chi connectivity index (χ4n) is 2.61. The van der Waals surface area contributed by atoms with E-state index in [0.717, 1.165) is 30.2 Å². The molecule has 25 heavy (non-hydrogen) atoms. The van der Waals surface area contributed by atoms with Gasteiger partial charge in [-0.3, -0.25) is 9.59 Å². The molecule has 1 aromatic carbocycles. The maximum absolute atomic E-state index is 12.7. The van der Waals surface area contributed by atoms with Crippen LogP contribution in [0.5, 0.6) is 0 Å². The van der Waals surface area contributed by atoms with Gasteiger partial charge in [-0.2, -0.15) is 11.8 Å². The highest BCUT2D eigenvalue weighted by atomic mass is 35.5. The van der Waals surface area contributed by atoms with E-state index < -0.39 is 0 Å². The summed E-state index contributed by atoms with van der Waals surface area (Å²) in [5.74, 6) is 1.80. The van der Waals surface area contributed by atoms with Crippen molar-refractivity contribution < 1.29 is 14.3 Å². The molecule has 1 aromatic rings. The number of halogens is 1. The summed E-state index contributed by atoms with van der Waals surface area (Å²) in [4.78, 5) is 26.7. The van der Waals surface area contributed by atoms with E-state index in [1.54, 1.807) is 12.1 Å². The summed E-state index contributed by atoms with van der Waals surface area (Å²) in [5.41, 5.74) is 7.63. The molecule has 2 amide bonds. The largest absolute Gasteiger partial charge is 0.380 e. The Kier molecular flexibility index (Phi) is 9.27. The van der Waals surface area contributed by atoms with E-state index in [2.05, 4.69) is 5.32 Å². The van der Waals surface area contributed by atoms with Crippen LogP contribution >= 0.6 is 24.2 Å². The normalized spacial score (nSPS) is 15.2. The second-order valence-corrected chi connectivity index (χ2v) is 6.95. The predicted molar refractivity (Wildman–Crippen MR) is 105 cm³/mol. The summed E-state index contributed by atoms with van der Waals surface area (Å²) in [5, 5.41) is 2.86. The summed E-state index contributed by atoms with van der Waals surface area (Å²) in [6.45, 7) is 3.68. The topological polar surface area (TPSA) is 84.7 Å². The molecule has 1 aliphatic rings. The van der Waals surface area contributed by atoms with Crippen molar-refractivity contribution in [3.63, 3.8) is 0 Å². The Morgan fingerprint density at radius 2 is 2.04 bits per heavy atom. The zero-order valence-corrected chi connectivity index (χ0v) is 16.3. The van der Waals surface area contributed by atoms with Gasteiger partial charge in [0.1, 0.15) is 0 Å². The van der Waals surface area contributed by atoms with Gasteiger partial charge < -0.3 is 20.7 Å². The number of hydrogen-bond donors (Lipinski definition) is 2. The first kappa shape index (κ1) is 21.8. The first-order valence-electron chi connectivity index (χ1n) is 8.06. The highest BCUT2D eigenvalue weighted by Crippen LogP contribution is 2.22. The number of hydrogen-bond acceptors (Lipinski definition) is 5. The monoisotopic (exact) mass is 387 g/mol. The predicted octanol–water partition coefficient (Wildman–Crippen LogP) is 1.91. The molecule has 1 unspecified atom stereocenters. The van der Waals surface area contributed by atoms with Gasteiger partial charge >= 0.3 is 0 Å². The number of amides is 2. The number of anilines is 1. The number of carbonyl (C=O) groups is 2. The van der Waals surface area contributed by atoms with Gasteiger partial charge in [-0.1, -0.05) is 6.07 Å². The van der Waals surface area contributed by atoms with Crippen molar-refractivity contribution in [2.45, 2.75) is 19.4 Å². The number of nitrogens with zero attached hydrogens (tertiary/aromatic N) is 1. The lowest BCUT2D eigenvalue weighted by Gasteiger charge is -2.27. The van der Waals surface area contributed by atoms with Gasteiger partial charge in [0.25, 0.3) is 5.91 Å². The minimum atomic E-state index is -0.305. The van der Waals surface area contributed by atoms with Crippen LogP contribution in [-0.2, 0) is 9.53 Å². The molecular weight excluding hydrogens is 362 g/mol. The lowest BCUT2D eigenvalue weighted by atomic mass is 10.0. The summed E-state index contributed by atoms with van der Waals surface area (Å²) < 4.78 is 5.13. The van der Waals surface area contributed by atoms with Crippen molar-refractivity contribution in [1.82, 2.24) is 4.90 Å². The molecule has 1 heterocycles. The molecule has 2 rings (SSSR count). The van der Waals surface area contributed by atoms with E-state index in [-0.39, 0.29) is 43.3 Å². The number of rotatable bonds is 6. The minimum Gasteiger partial charge on any atom is -0.380 e. The molecule has 3 N–H and O–H groups in total. The van der Waals surface area contributed by atoms with Crippen LogP contribution in [0, 0.1) is 6.92 Å². The lowest BCUT2D eigenvalue weighted by Crippen LogP contribution is -2.38. The van der Waals surface area contributed by atoms with E-state index in [1.807, 2.05) is 29.7 Å². The summed E-state index contributed by atoms with van der Waals surface area (Å²) >= 11 is 1.86. The Morgan fingerprint density at radius 1 is 1.36 bits per heavy atom. The first-order valence-corrected chi connectivity index (χ1v) is 9.21. The van der Waals surface area contributed by atoms with Gasteiger partial charge in [0.15, 0.2) is 0 Å². The number of carbonyl (C=O) groups excluding carboxylic acids is 2. The van der Waals surface area contributed by atoms with Crippen LogP contribution in [0.1, 0.15) is 22.3 Å². The summed E-state index contributed by atoms with van der Waals surface area (Å²) in [7, 11) is 1.53. The van der Waals surface area contributed by atoms with E-state index >= 15 is 0 Å². The molecule has 1 aliphatic heterocycles. The smallest absolute Gasteiger partial charge is 0.254 e. The molecule has 0 aliphatic carbocycles. The summed E-state index contributed by atoms with van der Waals surface area (Å²) in [6, 6.07) is 5.42. The molecule has 8 heteroatoms. The Bertz CT molecular complexity index is 591. The number of benzene rings is 1. The van der Waals surface area contributed by atoms with Crippen molar-refractivity contribution >= 4 is 41.7 Å². The van der Waals surface area contributed by atoms with E-state index in [4.69, 9.17) is 10.5 Å². The van der Waals surface area contributed by atoms with Crippen LogP contribution in [0.3, 0.4) is 0 Å². The molecule has 140 valence electrons. The van der Waals surface area contributed by atoms with Gasteiger partial charge in [0.05, 0.1) is 12.5 Å². The van der Waals surface area contributed by atoms with Crippen molar-refractivity contribution in [3.05, 3.63) is 29.3 Å². The number of ether oxygens (including phenoxy) is 1. The molecule has 0 radical (unpaired) electrons. The zero-order valence-electron chi connectivity index (χ0n) is 14.6. The van der Waals surface area contributed by atoms with Crippen LogP contribution in [0.15, 0.2) is 18.2 Å². The van der Waals surface area contributed by atoms with Crippen LogP contribution in [-0.4, -0.2) is 61.1 Å². The van der Waals surface area contributed by atoms with Gasteiger partial charge in [0, 0.05) is 49.5 Å². The minimum absolute atomic E-state index is 0. The Labute approximate surface area is 159 Å².